The molecule has 0 aliphatic rings. The normalized spacial score (nSPS) is 10.2. The topological polar surface area (TPSA) is 29.1 Å². The van der Waals surface area contributed by atoms with Crippen molar-refractivity contribution < 1.29 is 4.79 Å². The molecule has 0 spiro atoms. The lowest BCUT2D eigenvalue weighted by molar-refractivity contribution is -0.120. The quantitative estimate of drug-likeness (QED) is 0.805. The van der Waals surface area contributed by atoms with E-state index in [4.69, 9.17) is 11.6 Å². The molecule has 0 aliphatic carbocycles. The molecule has 0 bridgehead atoms. The molecule has 0 unspecified atom stereocenters. The van der Waals surface area contributed by atoms with E-state index in [0.717, 1.165) is 0 Å². The molecule has 0 heterocycles. The van der Waals surface area contributed by atoms with Crippen LogP contribution in [-0.4, -0.2) is 11.8 Å². The van der Waals surface area contributed by atoms with Crippen molar-refractivity contribution in [3.63, 3.8) is 0 Å². The van der Waals surface area contributed by atoms with Crippen LogP contribution in [0.2, 0.25) is 0 Å². The van der Waals surface area contributed by atoms with Gasteiger partial charge in [0, 0.05) is 18.8 Å². The van der Waals surface area contributed by atoms with Gasteiger partial charge in [-0.25, -0.2) is 0 Å². The number of hydrogen-bond donors (Lipinski definition) is 1. The molecule has 0 fully saturated rings. The van der Waals surface area contributed by atoms with E-state index < -0.39 is 0 Å². The molecule has 3 heteroatoms. The highest BCUT2D eigenvalue weighted by Crippen LogP contribution is 2.15. The maximum atomic E-state index is 11.3. The largest absolute Gasteiger partial charge is 0.352 e. The van der Waals surface area contributed by atoms with Gasteiger partial charge in [-0.15, -0.1) is 11.6 Å². The van der Waals surface area contributed by atoms with Crippen molar-refractivity contribution in [3.05, 3.63) is 34.4 Å². The number of halogens is 1. The van der Waals surface area contributed by atoms with Crippen LogP contribution in [0.15, 0.2) is 12.1 Å². The summed E-state index contributed by atoms with van der Waals surface area (Å²) in [5, 5.41) is 2.88. The Labute approximate surface area is 102 Å². The minimum absolute atomic E-state index is 0.00868. The smallest absolute Gasteiger partial charge is 0.221 e. The van der Waals surface area contributed by atoms with Crippen LogP contribution < -0.4 is 5.32 Å². The standard InChI is InChI=1S/C13H18ClNO/c1-9-6-10(2)12(11(3)7-9)8-15-13(16)4-5-14/h6-7H,4-5,8H2,1-3H3,(H,15,16). The van der Waals surface area contributed by atoms with Gasteiger partial charge < -0.3 is 5.32 Å². The predicted octanol–water partition coefficient (Wildman–Crippen LogP) is 2.86. The van der Waals surface area contributed by atoms with Crippen LogP contribution in [0.1, 0.15) is 28.7 Å². The fraction of sp³-hybridized carbons (Fsp3) is 0.462. The molecule has 1 aromatic rings. The predicted molar refractivity (Wildman–Crippen MR) is 67.8 cm³/mol. The lowest BCUT2D eigenvalue weighted by atomic mass is 10.00. The van der Waals surface area contributed by atoms with Gasteiger partial charge in [-0.1, -0.05) is 17.7 Å². The molecular formula is C13H18ClNO. The van der Waals surface area contributed by atoms with Gasteiger partial charge in [0.25, 0.3) is 0 Å². The highest BCUT2D eigenvalue weighted by molar-refractivity contribution is 6.18. The van der Waals surface area contributed by atoms with Crippen molar-refractivity contribution in [2.24, 2.45) is 0 Å². The molecule has 0 aliphatic heterocycles. The second kappa shape index (κ2) is 5.90. The van der Waals surface area contributed by atoms with E-state index in [1.807, 2.05) is 0 Å². The number of nitrogens with one attached hydrogen (secondary N) is 1. The average molecular weight is 240 g/mol. The Morgan fingerprint density at radius 1 is 1.25 bits per heavy atom. The number of alkyl halides is 1. The van der Waals surface area contributed by atoms with Crippen molar-refractivity contribution >= 4 is 17.5 Å². The Bertz CT molecular complexity index is 365. The van der Waals surface area contributed by atoms with Crippen LogP contribution in [0.3, 0.4) is 0 Å². The van der Waals surface area contributed by atoms with Crippen LogP contribution in [-0.2, 0) is 11.3 Å². The molecule has 1 N–H and O–H groups in total. The van der Waals surface area contributed by atoms with Crippen LogP contribution in [0.4, 0.5) is 0 Å². The van der Waals surface area contributed by atoms with E-state index in [-0.39, 0.29) is 5.91 Å². The summed E-state index contributed by atoms with van der Waals surface area (Å²) in [5.74, 6) is 0.381. The van der Waals surface area contributed by atoms with Crippen molar-refractivity contribution in [1.82, 2.24) is 5.32 Å². The second-order valence-corrected chi connectivity index (χ2v) is 4.47. The third-order valence-electron chi connectivity index (χ3n) is 2.62. The van der Waals surface area contributed by atoms with Crippen molar-refractivity contribution in [2.45, 2.75) is 33.7 Å². The first-order valence-corrected chi connectivity index (χ1v) is 5.97. The number of hydrogen-bond acceptors (Lipinski definition) is 1. The van der Waals surface area contributed by atoms with E-state index in [0.29, 0.717) is 18.8 Å². The summed E-state index contributed by atoms with van der Waals surface area (Å²) < 4.78 is 0. The monoisotopic (exact) mass is 239 g/mol. The van der Waals surface area contributed by atoms with Gasteiger partial charge in [0.05, 0.1) is 0 Å². The van der Waals surface area contributed by atoms with Gasteiger partial charge in [0.2, 0.25) is 5.91 Å². The SMILES string of the molecule is Cc1cc(C)c(CNC(=O)CCCl)c(C)c1. The molecule has 1 aromatic carbocycles. The van der Waals surface area contributed by atoms with Crippen LogP contribution in [0.5, 0.6) is 0 Å². The van der Waals surface area contributed by atoms with Crippen molar-refractivity contribution in [1.29, 1.82) is 0 Å². The summed E-state index contributed by atoms with van der Waals surface area (Å²) in [4.78, 5) is 11.3. The van der Waals surface area contributed by atoms with Gasteiger partial charge in [0.1, 0.15) is 0 Å². The fourth-order valence-electron chi connectivity index (χ4n) is 1.85. The van der Waals surface area contributed by atoms with Gasteiger partial charge >= 0.3 is 0 Å². The zero-order chi connectivity index (χ0) is 12.1. The van der Waals surface area contributed by atoms with E-state index in [1.165, 1.54) is 22.3 Å². The van der Waals surface area contributed by atoms with E-state index >= 15 is 0 Å². The number of rotatable bonds is 4. The summed E-state index contributed by atoms with van der Waals surface area (Å²) in [6.45, 7) is 6.82. The van der Waals surface area contributed by atoms with E-state index in [1.54, 1.807) is 0 Å². The molecule has 0 saturated heterocycles. The molecule has 88 valence electrons. The summed E-state index contributed by atoms with van der Waals surface area (Å²) >= 11 is 5.50. The second-order valence-electron chi connectivity index (χ2n) is 4.09. The van der Waals surface area contributed by atoms with Crippen LogP contribution in [0, 0.1) is 20.8 Å². The maximum absolute atomic E-state index is 11.3. The molecule has 0 saturated carbocycles. The van der Waals surface area contributed by atoms with Crippen LogP contribution >= 0.6 is 11.6 Å². The number of carbonyl (C=O) groups is 1. The summed E-state index contributed by atoms with van der Waals surface area (Å²) in [5.41, 5.74) is 4.91. The lowest BCUT2D eigenvalue weighted by Gasteiger charge is -2.12. The van der Waals surface area contributed by atoms with Crippen molar-refractivity contribution in [2.75, 3.05) is 5.88 Å². The summed E-state index contributed by atoms with van der Waals surface area (Å²) in [6.07, 6.45) is 0.380. The highest BCUT2D eigenvalue weighted by Gasteiger charge is 2.05. The maximum Gasteiger partial charge on any atom is 0.221 e. The van der Waals surface area contributed by atoms with Gasteiger partial charge in [-0.05, 0) is 37.5 Å². The molecule has 2 nitrogen and oxygen atoms in total. The average Bonchev–Trinajstić information content (AvgIpc) is 2.16. The van der Waals surface area contributed by atoms with E-state index in [9.17, 15) is 4.79 Å². The van der Waals surface area contributed by atoms with Crippen molar-refractivity contribution in [3.8, 4) is 0 Å². The zero-order valence-corrected chi connectivity index (χ0v) is 10.8. The Balaban J connectivity index is 2.70. The Morgan fingerprint density at radius 3 is 2.31 bits per heavy atom. The van der Waals surface area contributed by atoms with Gasteiger partial charge in [-0.2, -0.15) is 0 Å². The Hall–Kier alpha value is -1.02. The molecule has 0 radical (unpaired) electrons. The molecule has 0 atom stereocenters. The van der Waals surface area contributed by atoms with E-state index in [2.05, 4.69) is 38.2 Å². The minimum atomic E-state index is 0.00868. The third-order valence-corrected chi connectivity index (χ3v) is 2.81. The first kappa shape index (κ1) is 13.0. The summed E-state index contributed by atoms with van der Waals surface area (Å²) in [6, 6.07) is 4.27. The Kier molecular flexibility index (Phi) is 4.81. The lowest BCUT2D eigenvalue weighted by Crippen LogP contribution is -2.23. The number of benzene rings is 1. The molecule has 1 rings (SSSR count). The summed E-state index contributed by atoms with van der Waals surface area (Å²) in [7, 11) is 0. The molecule has 0 aromatic heterocycles. The first-order chi connectivity index (χ1) is 7.54. The molecular weight excluding hydrogens is 222 g/mol. The minimum Gasteiger partial charge on any atom is -0.352 e. The fourth-order valence-corrected chi connectivity index (χ4v) is 2.02. The first-order valence-electron chi connectivity index (χ1n) is 5.44. The molecule has 1 amide bonds. The number of aryl methyl sites for hydroxylation is 3. The molecule has 16 heavy (non-hydrogen) atoms. The highest BCUT2D eigenvalue weighted by atomic mass is 35.5. The zero-order valence-electron chi connectivity index (χ0n) is 10.1. The van der Waals surface area contributed by atoms with Gasteiger partial charge in [-0.3, -0.25) is 4.79 Å². The van der Waals surface area contributed by atoms with Crippen LogP contribution in [0.25, 0.3) is 0 Å². The third kappa shape index (κ3) is 3.53. The van der Waals surface area contributed by atoms with Gasteiger partial charge in [0.15, 0.2) is 0 Å². The Morgan fingerprint density at radius 2 is 1.81 bits per heavy atom. The number of carbonyl (C=O) groups excluding carboxylic acids is 1. The number of amides is 1.